The first-order valence-electron chi connectivity index (χ1n) is 10.2. The van der Waals surface area contributed by atoms with Crippen LogP contribution in [0.1, 0.15) is 30.4 Å². The molecule has 2 aromatic rings. The zero-order valence-electron chi connectivity index (χ0n) is 16.5. The van der Waals surface area contributed by atoms with Crippen LogP contribution in [-0.4, -0.2) is 54.2 Å². The summed E-state index contributed by atoms with van der Waals surface area (Å²) < 4.78 is 19.6. The summed E-state index contributed by atoms with van der Waals surface area (Å²) in [6, 6.07) is 14.9. The summed E-state index contributed by atoms with van der Waals surface area (Å²) in [5, 5.41) is 11.7. The highest BCUT2D eigenvalue weighted by atomic mass is 19.1. The van der Waals surface area contributed by atoms with E-state index in [0.29, 0.717) is 24.3 Å². The Balaban J connectivity index is 1.57. The summed E-state index contributed by atoms with van der Waals surface area (Å²) in [5.74, 6) is 0.465. The molecular weight excluding hydrogens is 355 g/mol. The Bertz CT molecular complexity index is 794. The van der Waals surface area contributed by atoms with Gasteiger partial charge in [-0.3, -0.25) is 9.80 Å². The molecule has 28 heavy (non-hydrogen) atoms. The summed E-state index contributed by atoms with van der Waals surface area (Å²) in [7, 11) is 1.60. The minimum absolute atomic E-state index is 0.0137. The lowest BCUT2D eigenvalue weighted by Gasteiger charge is -2.48. The van der Waals surface area contributed by atoms with Crippen LogP contribution in [0.2, 0.25) is 0 Å². The van der Waals surface area contributed by atoms with Crippen molar-refractivity contribution >= 4 is 0 Å². The molecule has 0 amide bonds. The van der Waals surface area contributed by atoms with Gasteiger partial charge in [-0.15, -0.1) is 0 Å². The molecule has 0 bridgehead atoms. The molecular formula is C23H29FN2O2. The number of benzene rings is 2. The SMILES string of the molecule is COc1ccc(F)c(CN2CC[C@](O)(c3ccccc3)[C@H](N3CCCC3)C2)c1. The molecule has 2 heterocycles. The lowest BCUT2D eigenvalue weighted by Crippen LogP contribution is -2.60. The number of likely N-dealkylation sites (tertiary alicyclic amines) is 2. The molecule has 2 aliphatic heterocycles. The Kier molecular flexibility index (Phi) is 5.67. The van der Waals surface area contributed by atoms with Crippen LogP contribution >= 0.6 is 0 Å². The predicted molar refractivity (Wildman–Crippen MR) is 108 cm³/mol. The van der Waals surface area contributed by atoms with Crippen LogP contribution in [0, 0.1) is 5.82 Å². The molecule has 4 nitrogen and oxygen atoms in total. The number of piperidine rings is 1. The third kappa shape index (κ3) is 3.79. The molecule has 5 heteroatoms. The average Bonchev–Trinajstić information content (AvgIpc) is 3.26. The van der Waals surface area contributed by atoms with Gasteiger partial charge in [-0.1, -0.05) is 30.3 Å². The Morgan fingerprint density at radius 3 is 2.57 bits per heavy atom. The van der Waals surface area contributed by atoms with Crippen molar-refractivity contribution in [2.24, 2.45) is 0 Å². The maximum atomic E-state index is 14.3. The van der Waals surface area contributed by atoms with E-state index in [4.69, 9.17) is 4.74 Å². The molecule has 1 N–H and O–H groups in total. The number of methoxy groups -OCH3 is 1. The predicted octanol–water partition coefficient (Wildman–Crippen LogP) is 3.39. The van der Waals surface area contributed by atoms with Gasteiger partial charge in [0.05, 0.1) is 13.2 Å². The van der Waals surface area contributed by atoms with Crippen LogP contribution in [0.5, 0.6) is 5.75 Å². The third-order valence-corrected chi connectivity index (χ3v) is 6.29. The third-order valence-electron chi connectivity index (χ3n) is 6.29. The van der Waals surface area contributed by atoms with Gasteiger partial charge in [0.15, 0.2) is 0 Å². The zero-order valence-corrected chi connectivity index (χ0v) is 16.5. The number of rotatable bonds is 5. The molecule has 2 aliphatic rings. The highest BCUT2D eigenvalue weighted by Crippen LogP contribution is 2.38. The number of aliphatic hydroxyl groups is 1. The minimum Gasteiger partial charge on any atom is -0.497 e. The summed E-state index contributed by atoms with van der Waals surface area (Å²) in [4.78, 5) is 4.68. The molecule has 0 saturated carbocycles. The Labute approximate surface area is 166 Å². The van der Waals surface area contributed by atoms with Gasteiger partial charge in [-0.2, -0.15) is 0 Å². The van der Waals surface area contributed by atoms with Gasteiger partial charge < -0.3 is 9.84 Å². The molecule has 0 spiro atoms. The van der Waals surface area contributed by atoms with Crippen LogP contribution in [0.15, 0.2) is 48.5 Å². The minimum atomic E-state index is -0.866. The van der Waals surface area contributed by atoms with Crippen LogP contribution in [0.3, 0.4) is 0 Å². The fourth-order valence-electron chi connectivity index (χ4n) is 4.70. The highest BCUT2D eigenvalue weighted by Gasteiger charge is 2.46. The fraction of sp³-hybridized carbons (Fsp3) is 0.478. The van der Waals surface area contributed by atoms with Crippen molar-refractivity contribution in [2.45, 2.75) is 37.5 Å². The van der Waals surface area contributed by atoms with Crippen LogP contribution < -0.4 is 4.74 Å². The Hall–Kier alpha value is -1.95. The van der Waals surface area contributed by atoms with Crippen LogP contribution in [0.25, 0.3) is 0 Å². The van der Waals surface area contributed by atoms with E-state index < -0.39 is 5.60 Å². The molecule has 0 radical (unpaired) electrons. The van der Waals surface area contributed by atoms with Crippen molar-refractivity contribution in [1.82, 2.24) is 9.80 Å². The fourth-order valence-corrected chi connectivity index (χ4v) is 4.70. The number of nitrogens with zero attached hydrogens (tertiary/aromatic N) is 2. The van der Waals surface area contributed by atoms with Crippen LogP contribution in [0.4, 0.5) is 4.39 Å². The van der Waals surface area contributed by atoms with Crippen molar-refractivity contribution < 1.29 is 14.2 Å². The van der Waals surface area contributed by atoms with E-state index in [2.05, 4.69) is 9.80 Å². The van der Waals surface area contributed by atoms with Gasteiger partial charge >= 0.3 is 0 Å². The number of ether oxygens (including phenoxy) is 1. The molecule has 0 unspecified atom stereocenters. The maximum Gasteiger partial charge on any atom is 0.127 e. The van der Waals surface area contributed by atoms with Crippen molar-refractivity contribution in [2.75, 3.05) is 33.3 Å². The molecule has 2 atom stereocenters. The van der Waals surface area contributed by atoms with E-state index >= 15 is 0 Å². The number of halogens is 1. The van der Waals surface area contributed by atoms with E-state index in [1.54, 1.807) is 19.2 Å². The summed E-state index contributed by atoms with van der Waals surface area (Å²) in [5.41, 5.74) is 0.762. The smallest absolute Gasteiger partial charge is 0.127 e. The van der Waals surface area contributed by atoms with Gasteiger partial charge in [0, 0.05) is 25.2 Å². The molecule has 0 aromatic heterocycles. The Morgan fingerprint density at radius 1 is 1.11 bits per heavy atom. The van der Waals surface area contributed by atoms with Gasteiger partial charge in [0.2, 0.25) is 0 Å². The second kappa shape index (κ2) is 8.19. The van der Waals surface area contributed by atoms with Gasteiger partial charge in [-0.25, -0.2) is 4.39 Å². The van der Waals surface area contributed by atoms with Crippen LogP contribution in [-0.2, 0) is 12.1 Å². The monoisotopic (exact) mass is 384 g/mol. The molecule has 2 aromatic carbocycles. The van der Waals surface area contributed by atoms with Crippen molar-refractivity contribution in [1.29, 1.82) is 0 Å². The van der Waals surface area contributed by atoms with Crippen molar-refractivity contribution in [3.63, 3.8) is 0 Å². The maximum absolute atomic E-state index is 14.3. The average molecular weight is 384 g/mol. The summed E-state index contributed by atoms with van der Waals surface area (Å²) >= 11 is 0. The summed E-state index contributed by atoms with van der Waals surface area (Å²) in [6.45, 7) is 4.01. The van der Waals surface area contributed by atoms with Gasteiger partial charge in [-0.05, 0) is 56.1 Å². The summed E-state index contributed by atoms with van der Waals surface area (Å²) in [6.07, 6.45) is 2.99. The standard InChI is InChI=1S/C23H29FN2O2/c1-28-20-9-10-21(24)18(15-20)16-25-14-11-23(27,19-7-3-2-4-8-19)22(17-25)26-12-5-6-13-26/h2-4,7-10,15,22,27H,5-6,11-14,16-17H2,1H3/t22-,23+/m1/s1. The van der Waals surface area contributed by atoms with E-state index in [0.717, 1.165) is 31.7 Å². The second-order valence-corrected chi connectivity index (χ2v) is 7.99. The largest absolute Gasteiger partial charge is 0.497 e. The first kappa shape index (κ1) is 19.4. The molecule has 150 valence electrons. The second-order valence-electron chi connectivity index (χ2n) is 7.99. The molecule has 4 rings (SSSR count). The molecule has 2 saturated heterocycles. The van der Waals surface area contributed by atoms with E-state index in [-0.39, 0.29) is 11.9 Å². The first-order valence-corrected chi connectivity index (χ1v) is 10.2. The number of hydrogen-bond donors (Lipinski definition) is 1. The van der Waals surface area contributed by atoms with Gasteiger partial charge in [0.25, 0.3) is 0 Å². The van der Waals surface area contributed by atoms with Crippen molar-refractivity contribution in [3.8, 4) is 5.75 Å². The first-order chi connectivity index (χ1) is 13.6. The van der Waals surface area contributed by atoms with Crippen molar-refractivity contribution in [3.05, 3.63) is 65.5 Å². The lowest BCUT2D eigenvalue weighted by molar-refractivity contribution is -0.0960. The zero-order chi connectivity index (χ0) is 19.6. The van der Waals surface area contributed by atoms with E-state index in [9.17, 15) is 9.50 Å². The Morgan fingerprint density at radius 2 is 1.86 bits per heavy atom. The van der Waals surface area contributed by atoms with E-state index in [1.165, 1.54) is 18.9 Å². The lowest BCUT2D eigenvalue weighted by atomic mass is 9.79. The topological polar surface area (TPSA) is 35.9 Å². The number of hydrogen-bond acceptors (Lipinski definition) is 4. The van der Waals surface area contributed by atoms with E-state index in [1.807, 2.05) is 30.3 Å². The van der Waals surface area contributed by atoms with Gasteiger partial charge in [0.1, 0.15) is 17.2 Å². The molecule has 0 aliphatic carbocycles. The highest BCUT2D eigenvalue weighted by molar-refractivity contribution is 5.30. The molecule has 2 fully saturated rings. The normalized spacial score (nSPS) is 26.5. The quantitative estimate of drug-likeness (QED) is 0.857.